The summed E-state index contributed by atoms with van der Waals surface area (Å²) in [6.45, 7) is 4.16. The van der Waals surface area contributed by atoms with Gasteiger partial charge in [0.1, 0.15) is 5.69 Å². The van der Waals surface area contributed by atoms with Gasteiger partial charge < -0.3 is 5.11 Å². The van der Waals surface area contributed by atoms with Gasteiger partial charge in [-0.15, -0.1) is 5.10 Å². The van der Waals surface area contributed by atoms with E-state index in [-0.39, 0.29) is 17.5 Å². The van der Waals surface area contributed by atoms with Crippen molar-refractivity contribution in [2.24, 2.45) is 0 Å². The monoisotopic (exact) mass is 320 g/mol. The van der Waals surface area contributed by atoms with Gasteiger partial charge in [-0.05, 0) is 17.7 Å². The summed E-state index contributed by atoms with van der Waals surface area (Å²) in [6.07, 6.45) is 3.30. The second kappa shape index (κ2) is 5.64. The Morgan fingerprint density at radius 3 is 2.55 bits per heavy atom. The second-order valence-corrected chi connectivity index (χ2v) is 7.03. The number of sulfonamides is 1. The van der Waals surface area contributed by atoms with E-state index in [0.29, 0.717) is 18.8 Å². The summed E-state index contributed by atoms with van der Waals surface area (Å²) in [6, 6.07) is 6.57. The van der Waals surface area contributed by atoms with E-state index in [2.05, 4.69) is 16.9 Å². The lowest BCUT2D eigenvalue weighted by molar-refractivity contribution is 0.188. The van der Waals surface area contributed by atoms with Crippen LogP contribution in [0.1, 0.15) is 17.3 Å². The standard InChI is InChI=1S/C14H16N4O3S/c1-2-11-3-5-14(6-4-11)22(20,21)17-8-13(9-17)18-7-12(10-19)15-16-18/h2-7,13,19H,1,8-10H2. The molecule has 1 aromatic heterocycles. The van der Waals surface area contributed by atoms with Gasteiger partial charge in [0.15, 0.2) is 0 Å². The zero-order valence-corrected chi connectivity index (χ0v) is 12.6. The van der Waals surface area contributed by atoms with Crippen LogP contribution in [-0.2, 0) is 16.6 Å². The smallest absolute Gasteiger partial charge is 0.243 e. The van der Waals surface area contributed by atoms with Crippen molar-refractivity contribution in [3.8, 4) is 0 Å². The molecule has 1 saturated heterocycles. The Morgan fingerprint density at radius 2 is 2.00 bits per heavy atom. The van der Waals surface area contributed by atoms with E-state index in [0.717, 1.165) is 5.56 Å². The fourth-order valence-corrected chi connectivity index (χ4v) is 3.78. The topological polar surface area (TPSA) is 88.3 Å². The van der Waals surface area contributed by atoms with Gasteiger partial charge in [-0.1, -0.05) is 30.0 Å². The van der Waals surface area contributed by atoms with Gasteiger partial charge >= 0.3 is 0 Å². The number of aliphatic hydroxyl groups excluding tert-OH is 1. The normalized spacial score (nSPS) is 16.4. The summed E-state index contributed by atoms with van der Waals surface area (Å²) < 4.78 is 27.9. The van der Waals surface area contributed by atoms with Crippen LogP contribution in [0.25, 0.3) is 6.08 Å². The number of hydrogen-bond acceptors (Lipinski definition) is 5. The molecule has 0 aliphatic carbocycles. The van der Waals surface area contributed by atoms with Crippen LogP contribution in [0, 0.1) is 0 Å². The Kier molecular flexibility index (Phi) is 3.81. The first-order valence-electron chi connectivity index (χ1n) is 6.79. The molecule has 22 heavy (non-hydrogen) atoms. The highest BCUT2D eigenvalue weighted by atomic mass is 32.2. The third-order valence-corrected chi connectivity index (χ3v) is 5.52. The quantitative estimate of drug-likeness (QED) is 0.874. The Labute approximate surface area is 128 Å². The maximum Gasteiger partial charge on any atom is 0.243 e. The highest BCUT2D eigenvalue weighted by Gasteiger charge is 2.38. The lowest BCUT2D eigenvalue weighted by atomic mass is 10.2. The summed E-state index contributed by atoms with van der Waals surface area (Å²) in [4.78, 5) is 0.270. The first kappa shape index (κ1) is 14.9. The molecule has 1 aromatic carbocycles. The Hall–Kier alpha value is -2.03. The van der Waals surface area contributed by atoms with Crippen molar-refractivity contribution in [1.82, 2.24) is 19.3 Å². The van der Waals surface area contributed by atoms with Crippen LogP contribution < -0.4 is 0 Å². The molecule has 0 spiro atoms. The van der Waals surface area contributed by atoms with Crippen LogP contribution in [0.4, 0.5) is 0 Å². The molecule has 0 radical (unpaired) electrons. The summed E-state index contributed by atoms with van der Waals surface area (Å²) in [5.41, 5.74) is 1.35. The van der Waals surface area contributed by atoms with Crippen molar-refractivity contribution in [3.05, 3.63) is 48.3 Å². The fourth-order valence-electron chi connectivity index (χ4n) is 2.27. The number of rotatable bonds is 5. The van der Waals surface area contributed by atoms with Crippen molar-refractivity contribution in [1.29, 1.82) is 0 Å². The minimum atomic E-state index is -3.48. The SMILES string of the molecule is C=Cc1ccc(S(=O)(=O)N2CC(n3cc(CO)nn3)C2)cc1. The number of benzene rings is 1. The Bertz CT molecular complexity index is 777. The highest BCUT2D eigenvalue weighted by molar-refractivity contribution is 7.89. The van der Waals surface area contributed by atoms with Crippen LogP contribution in [0.3, 0.4) is 0 Å². The third kappa shape index (κ3) is 2.56. The largest absolute Gasteiger partial charge is 0.390 e. The fraction of sp³-hybridized carbons (Fsp3) is 0.286. The molecule has 116 valence electrons. The average molecular weight is 320 g/mol. The van der Waals surface area contributed by atoms with Crippen LogP contribution >= 0.6 is 0 Å². The number of hydrogen-bond donors (Lipinski definition) is 1. The number of aliphatic hydroxyl groups is 1. The molecular formula is C14H16N4O3S. The van der Waals surface area contributed by atoms with Gasteiger partial charge in [0, 0.05) is 13.1 Å². The first-order chi connectivity index (χ1) is 10.5. The number of nitrogens with zero attached hydrogens (tertiary/aromatic N) is 4. The lowest BCUT2D eigenvalue weighted by Gasteiger charge is -2.37. The molecule has 0 atom stereocenters. The predicted molar refractivity (Wildman–Crippen MR) is 80.3 cm³/mol. The van der Waals surface area contributed by atoms with E-state index < -0.39 is 10.0 Å². The molecule has 1 aliphatic heterocycles. The maximum absolute atomic E-state index is 12.5. The maximum atomic E-state index is 12.5. The van der Waals surface area contributed by atoms with Gasteiger partial charge in [-0.3, -0.25) is 0 Å². The molecule has 2 aromatic rings. The molecule has 0 bridgehead atoms. The highest BCUT2D eigenvalue weighted by Crippen LogP contribution is 2.28. The van der Waals surface area contributed by atoms with Crippen LogP contribution in [-0.4, -0.2) is 45.9 Å². The zero-order valence-electron chi connectivity index (χ0n) is 11.8. The van der Waals surface area contributed by atoms with Gasteiger partial charge in [0.2, 0.25) is 10.0 Å². The third-order valence-electron chi connectivity index (χ3n) is 3.68. The minimum Gasteiger partial charge on any atom is -0.390 e. The molecule has 3 rings (SSSR count). The summed E-state index contributed by atoms with van der Waals surface area (Å²) in [7, 11) is -3.48. The minimum absolute atomic E-state index is 0.0463. The Morgan fingerprint density at radius 1 is 1.32 bits per heavy atom. The second-order valence-electron chi connectivity index (χ2n) is 5.10. The number of aromatic nitrogens is 3. The van der Waals surface area contributed by atoms with Gasteiger partial charge in [-0.25, -0.2) is 13.1 Å². The lowest BCUT2D eigenvalue weighted by Crippen LogP contribution is -2.50. The van der Waals surface area contributed by atoms with E-state index in [4.69, 9.17) is 5.11 Å². The van der Waals surface area contributed by atoms with Crippen LogP contribution in [0.2, 0.25) is 0 Å². The molecule has 1 N–H and O–H groups in total. The average Bonchev–Trinajstić information content (AvgIpc) is 2.94. The summed E-state index contributed by atoms with van der Waals surface area (Å²) in [5.74, 6) is 0. The van der Waals surface area contributed by atoms with E-state index in [1.54, 1.807) is 41.2 Å². The summed E-state index contributed by atoms with van der Waals surface area (Å²) >= 11 is 0. The van der Waals surface area contributed by atoms with Crippen molar-refractivity contribution >= 4 is 16.1 Å². The van der Waals surface area contributed by atoms with Gasteiger partial charge in [0.25, 0.3) is 0 Å². The van der Waals surface area contributed by atoms with Gasteiger partial charge in [0.05, 0.1) is 23.7 Å². The molecule has 0 saturated carbocycles. The molecule has 8 heteroatoms. The van der Waals surface area contributed by atoms with Crippen LogP contribution in [0.15, 0.2) is 41.9 Å². The van der Waals surface area contributed by atoms with Crippen LogP contribution in [0.5, 0.6) is 0 Å². The Balaban J connectivity index is 1.71. The molecule has 1 aliphatic rings. The van der Waals surface area contributed by atoms with E-state index in [1.165, 1.54) is 4.31 Å². The van der Waals surface area contributed by atoms with Crippen molar-refractivity contribution in [3.63, 3.8) is 0 Å². The molecule has 7 nitrogen and oxygen atoms in total. The molecule has 0 unspecified atom stereocenters. The van der Waals surface area contributed by atoms with Crippen molar-refractivity contribution in [2.45, 2.75) is 17.5 Å². The van der Waals surface area contributed by atoms with Crippen molar-refractivity contribution < 1.29 is 13.5 Å². The molecule has 1 fully saturated rings. The van der Waals surface area contributed by atoms with E-state index in [1.807, 2.05) is 0 Å². The zero-order chi connectivity index (χ0) is 15.7. The summed E-state index contributed by atoms with van der Waals surface area (Å²) in [5, 5.41) is 16.6. The molecule has 0 amide bonds. The predicted octanol–water partition coefficient (Wildman–Crippen LogP) is 0.659. The van der Waals surface area contributed by atoms with Gasteiger partial charge in [-0.2, -0.15) is 4.31 Å². The molecular weight excluding hydrogens is 304 g/mol. The van der Waals surface area contributed by atoms with E-state index in [9.17, 15) is 8.42 Å². The first-order valence-corrected chi connectivity index (χ1v) is 8.23. The van der Waals surface area contributed by atoms with Crippen molar-refractivity contribution in [2.75, 3.05) is 13.1 Å². The molecule has 2 heterocycles. The van der Waals surface area contributed by atoms with E-state index >= 15 is 0 Å².